The number of hydrogen-bond donors (Lipinski definition) is 2. The summed E-state index contributed by atoms with van der Waals surface area (Å²) in [6.45, 7) is 3.17. The first-order valence-corrected chi connectivity index (χ1v) is 7.88. The molecule has 1 aromatic carbocycles. The monoisotopic (exact) mass is 303 g/mol. The molecular formula is C17H22FN3O. The molecule has 0 spiro atoms. The summed E-state index contributed by atoms with van der Waals surface area (Å²) in [7, 11) is 0. The van der Waals surface area contributed by atoms with Crippen LogP contribution in [0.4, 0.5) is 4.39 Å². The first kappa shape index (κ1) is 15.2. The van der Waals surface area contributed by atoms with Crippen molar-refractivity contribution in [3.05, 3.63) is 47.8 Å². The van der Waals surface area contributed by atoms with Crippen molar-refractivity contribution >= 4 is 5.91 Å². The number of benzene rings is 1. The van der Waals surface area contributed by atoms with Crippen LogP contribution >= 0.6 is 0 Å². The molecule has 2 heterocycles. The first-order chi connectivity index (χ1) is 10.7. The Balaban J connectivity index is 1.45. The maximum absolute atomic E-state index is 13.7. The third-order valence-electron chi connectivity index (χ3n) is 4.35. The quantitative estimate of drug-likeness (QED) is 0.827. The van der Waals surface area contributed by atoms with Gasteiger partial charge in [-0.3, -0.25) is 15.0 Å². The van der Waals surface area contributed by atoms with Gasteiger partial charge in [0.05, 0.1) is 0 Å². The molecule has 1 amide bonds. The van der Waals surface area contributed by atoms with E-state index in [9.17, 15) is 9.18 Å². The largest absolute Gasteiger partial charge is 0.352 e. The van der Waals surface area contributed by atoms with E-state index in [0.29, 0.717) is 6.54 Å². The van der Waals surface area contributed by atoms with Crippen LogP contribution in [-0.2, 0) is 11.3 Å². The van der Waals surface area contributed by atoms with Gasteiger partial charge in [0.15, 0.2) is 0 Å². The zero-order chi connectivity index (χ0) is 15.4. The molecule has 1 aromatic rings. The standard InChI is InChI=1S/C17H22FN3O/c18-15-5-2-1-4-13(15)12-21-10-7-14(8-11-21)20-17(22)16-6-3-9-19-16/h1-6,14,16,19H,7-12H2,(H,20,22). The van der Waals surface area contributed by atoms with E-state index in [1.807, 2.05) is 24.3 Å². The molecule has 118 valence electrons. The van der Waals surface area contributed by atoms with Crippen LogP contribution in [0.2, 0.25) is 0 Å². The predicted molar refractivity (Wildman–Crippen MR) is 83.8 cm³/mol. The van der Waals surface area contributed by atoms with Crippen LogP contribution in [0, 0.1) is 5.82 Å². The second kappa shape index (κ2) is 7.03. The second-order valence-electron chi connectivity index (χ2n) is 5.96. The zero-order valence-corrected chi connectivity index (χ0v) is 12.6. The molecule has 1 unspecified atom stereocenters. The molecule has 0 saturated carbocycles. The normalized spacial score (nSPS) is 22.9. The number of likely N-dealkylation sites (tertiary alicyclic amines) is 1. The minimum absolute atomic E-state index is 0.0568. The maximum atomic E-state index is 13.7. The molecule has 3 rings (SSSR count). The van der Waals surface area contributed by atoms with Gasteiger partial charge in [-0.2, -0.15) is 0 Å². The Morgan fingerprint density at radius 1 is 1.32 bits per heavy atom. The number of piperidine rings is 1. The van der Waals surface area contributed by atoms with Gasteiger partial charge in [-0.15, -0.1) is 0 Å². The first-order valence-electron chi connectivity index (χ1n) is 7.88. The van der Waals surface area contributed by atoms with Gasteiger partial charge in [-0.05, 0) is 18.9 Å². The summed E-state index contributed by atoms with van der Waals surface area (Å²) in [5.74, 6) is -0.0849. The van der Waals surface area contributed by atoms with Crippen LogP contribution in [-0.4, -0.2) is 42.5 Å². The summed E-state index contributed by atoms with van der Waals surface area (Å²) in [6, 6.07) is 6.96. The highest BCUT2D eigenvalue weighted by molar-refractivity contribution is 5.84. The van der Waals surface area contributed by atoms with Gasteiger partial charge in [0, 0.05) is 37.8 Å². The molecular weight excluding hydrogens is 281 g/mol. The van der Waals surface area contributed by atoms with Crippen LogP contribution in [0.1, 0.15) is 18.4 Å². The average Bonchev–Trinajstić information content (AvgIpc) is 3.06. The lowest BCUT2D eigenvalue weighted by Crippen LogP contribution is -2.49. The molecule has 0 bridgehead atoms. The molecule has 4 nitrogen and oxygen atoms in total. The van der Waals surface area contributed by atoms with Gasteiger partial charge in [0.1, 0.15) is 11.9 Å². The Morgan fingerprint density at radius 3 is 2.77 bits per heavy atom. The summed E-state index contributed by atoms with van der Waals surface area (Å²) in [6.07, 6.45) is 5.71. The van der Waals surface area contributed by atoms with Crippen molar-refractivity contribution in [2.24, 2.45) is 0 Å². The van der Waals surface area contributed by atoms with Crippen molar-refractivity contribution in [3.63, 3.8) is 0 Å². The highest BCUT2D eigenvalue weighted by Gasteiger charge is 2.24. The van der Waals surface area contributed by atoms with Crippen LogP contribution in [0.3, 0.4) is 0 Å². The fourth-order valence-electron chi connectivity index (χ4n) is 3.04. The number of carbonyl (C=O) groups is 1. The predicted octanol–water partition coefficient (Wildman–Crippen LogP) is 1.43. The molecule has 5 heteroatoms. The summed E-state index contributed by atoms with van der Waals surface area (Å²) < 4.78 is 13.7. The van der Waals surface area contributed by atoms with Crippen molar-refractivity contribution in [1.29, 1.82) is 0 Å². The number of nitrogens with one attached hydrogen (secondary N) is 2. The number of carbonyl (C=O) groups excluding carboxylic acids is 1. The van der Waals surface area contributed by atoms with Crippen molar-refractivity contribution < 1.29 is 9.18 Å². The van der Waals surface area contributed by atoms with E-state index < -0.39 is 0 Å². The van der Waals surface area contributed by atoms with Gasteiger partial charge in [-0.25, -0.2) is 4.39 Å². The van der Waals surface area contributed by atoms with Crippen LogP contribution in [0.15, 0.2) is 36.4 Å². The zero-order valence-electron chi connectivity index (χ0n) is 12.6. The smallest absolute Gasteiger partial charge is 0.241 e. The Labute approximate surface area is 130 Å². The van der Waals surface area contributed by atoms with Gasteiger partial charge in [0.25, 0.3) is 0 Å². The SMILES string of the molecule is O=C(NC1CCN(Cc2ccccc2F)CC1)C1C=CCN1. The van der Waals surface area contributed by atoms with Crippen LogP contribution in [0.25, 0.3) is 0 Å². The van der Waals surface area contributed by atoms with Gasteiger partial charge in [-0.1, -0.05) is 30.4 Å². The van der Waals surface area contributed by atoms with E-state index in [0.717, 1.165) is 38.0 Å². The maximum Gasteiger partial charge on any atom is 0.241 e. The Hall–Kier alpha value is -1.72. The minimum Gasteiger partial charge on any atom is -0.352 e. The number of hydrogen-bond acceptors (Lipinski definition) is 3. The molecule has 0 radical (unpaired) electrons. The third kappa shape index (κ3) is 3.72. The number of rotatable bonds is 4. The molecule has 0 aliphatic carbocycles. The molecule has 1 atom stereocenters. The number of halogens is 1. The van der Waals surface area contributed by atoms with E-state index >= 15 is 0 Å². The minimum atomic E-state index is -0.184. The molecule has 1 fully saturated rings. The topological polar surface area (TPSA) is 44.4 Å². The lowest BCUT2D eigenvalue weighted by atomic mass is 10.0. The fourth-order valence-corrected chi connectivity index (χ4v) is 3.04. The molecule has 1 saturated heterocycles. The Kier molecular flexibility index (Phi) is 4.85. The highest BCUT2D eigenvalue weighted by atomic mass is 19.1. The Morgan fingerprint density at radius 2 is 2.09 bits per heavy atom. The lowest BCUT2D eigenvalue weighted by molar-refractivity contribution is -0.122. The third-order valence-corrected chi connectivity index (χ3v) is 4.35. The molecule has 2 aliphatic heterocycles. The number of nitrogens with zero attached hydrogens (tertiary/aromatic N) is 1. The van der Waals surface area contributed by atoms with E-state index in [4.69, 9.17) is 0 Å². The lowest BCUT2D eigenvalue weighted by Gasteiger charge is -2.32. The number of amides is 1. The van der Waals surface area contributed by atoms with Crippen molar-refractivity contribution in [1.82, 2.24) is 15.5 Å². The van der Waals surface area contributed by atoms with Crippen molar-refractivity contribution in [2.75, 3.05) is 19.6 Å². The van der Waals surface area contributed by atoms with Crippen LogP contribution in [0.5, 0.6) is 0 Å². The summed E-state index contributed by atoms with van der Waals surface area (Å²) in [4.78, 5) is 14.3. The van der Waals surface area contributed by atoms with E-state index in [1.165, 1.54) is 6.07 Å². The molecule has 22 heavy (non-hydrogen) atoms. The van der Waals surface area contributed by atoms with E-state index in [-0.39, 0.29) is 23.8 Å². The summed E-state index contributed by atoms with van der Waals surface area (Å²) >= 11 is 0. The van der Waals surface area contributed by atoms with E-state index in [1.54, 1.807) is 6.07 Å². The molecule has 2 aliphatic rings. The average molecular weight is 303 g/mol. The van der Waals surface area contributed by atoms with Crippen LogP contribution < -0.4 is 10.6 Å². The Bertz CT molecular complexity index is 553. The second-order valence-corrected chi connectivity index (χ2v) is 5.96. The van der Waals surface area contributed by atoms with E-state index in [2.05, 4.69) is 15.5 Å². The fraction of sp³-hybridized carbons (Fsp3) is 0.471. The van der Waals surface area contributed by atoms with Gasteiger partial charge in [0.2, 0.25) is 5.91 Å². The van der Waals surface area contributed by atoms with Gasteiger partial charge >= 0.3 is 0 Å². The summed E-state index contributed by atoms with van der Waals surface area (Å²) in [5, 5.41) is 6.22. The summed E-state index contributed by atoms with van der Waals surface area (Å²) in [5.41, 5.74) is 0.741. The molecule has 0 aromatic heterocycles. The van der Waals surface area contributed by atoms with Crippen molar-refractivity contribution in [2.45, 2.75) is 31.5 Å². The van der Waals surface area contributed by atoms with Gasteiger partial charge < -0.3 is 5.32 Å². The van der Waals surface area contributed by atoms with Crippen molar-refractivity contribution in [3.8, 4) is 0 Å². The highest BCUT2D eigenvalue weighted by Crippen LogP contribution is 2.16. The molecule has 2 N–H and O–H groups in total.